The van der Waals surface area contributed by atoms with Crippen LogP contribution >= 0.6 is 0 Å². The Morgan fingerprint density at radius 2 is 1.19 bits per heavy atom. The first-order valence-corrected chi connectivity index (χ1v) is 3.68. The molecule has 0 saturated carbocycles. The molecule has 0 aromatic heterocycles. The van der Waals surface area contributed by atoms with Crippen LogP contribution < -0.4 is 11.5 Å². The quantitative estimate of drug-likeness (QED) is 0.205. The molecule has 0 unspecified atom stereocenters. The van der Waals surface area contributed by atoms with E-state index in [0.717, 1.165) is 14.2 Å². The standard InChI is InChI=1S/C6H10N4O6/c1-13-5(11)15-9-3(7)4(8)10-16-6(12)14-2/h1-2H3,(H2,7,9)(H2,8,10). The third kappa shape index (κ3) is 5.26. The maximum atomic E-state index is 10.5. The lowest BCUT2D eigenvalue weighted by Gasteiger charge is -1.99. The fraction of sp³-hybridized carbons (Fsp3) is 0.333. The van der Waals surface area contributed by atoms with Crippen molar-refractivity contribution in [2.75, 3.05) is 14.2 Å². The van der Waals surface area contributed by atoms with E-state index in [0.29, 0.717) is 0 Å². The van der Waals surface area contributed by atoms with E-state index in [-0.39, 0.29) is 0 Å². The molecule has 10 heteroatoms. The van der Waals surface area contributed by atoms with Crippen molar-refractivity contribution >= 4 is 24.0 Å². The summed E-state index contributed by atoms with van der Waals surface area (Å²) in [5.41, 5.74) is 10.4. The smallest absolute Gasteiger partial charge is 0.436 e. The van der Waals surface area contributed by atoms with Gasteiger partial charge >= 0.3 is 12.3 Å². The van der Waals surface area contributed by atoms with Gasteiger partial charge in [0.25, 0.3) is 0 Å². The third-order valence-corrected chi connectivity index (χ3v) is 1.03. The highest BCUT2D eigenvalue weighted by Gasteiger charge is 2.06. The number of oxime groups is 2. The van der Waals surface area contributed by atoms with Gasteiger partial charge in [0.15, 0.2) is 0 Å². The molecule has 0 bridgehead atoms. The van der Waals surface area contributed by atoms with Crippen LogP contribution in [0.5, 0.6) is 0 Å². The van der Waals surface area contributed by atoms with Crippen LogP contribution in [0, 0.1) is 0 Å². The van der Waals surface area contributed by atoms with Gasteiger partial charge in [-0.3, -0.25) is 9.68 Å². The second-order valence-electron chi connectivity index (χ2n) is 2.04. The fourth-order valence-corrected chi connectivity index (χ4v) is 0.341. The third-order valence-electron chi connectivity index (χ3n) is 1.03. The van der Waals surface area contributed by atoms with Crippen molar-refractivity contribution in [3.05, 3.63) is 0 Å². The van der Waals surface area contributed by atoms with Crippen molar-refractivity contribution in [2.45, 2.75) is 0 Å². The lowest BCUT2D eigenvalue weighted by Crippen LogP contribution is -2.32. The lowest BCUT2D eigenvalue weighted by atomic mass is 10.6. The largest absolute Gasteiger partial charge is 0.534 e. The topological polar surface area (TPSA) is 148 Å². The molecule has 0 aromatic carbocycles. The lowest BCUT2D eigenvalue weighted by molar-refractivity contribution is 0.0733. The van der Waals surface area contributed by atoms with Gasteiger partial charge in [-0.2, -0.15) is 0 Å². The zero-order chi connectivity index (χ0) is 12.6. The predicted molar refractivity (Wildman–Crippen MR) is 50.2 cm³/mol. The molecule has 0 rings (SSSR count). The molecule has 0 aliphatic carbocycles. The molecule has 0 saturated heterocycles. The van der Waals surface area contributed by atoms with Gasteiger partial charge in [0.1, 0.15) is 0 Å². The SMILES string of the molecule is COC(=O)O/N=C(N)\C(N)=N/OC(=O)OC. The van der Waals surface area contributed by atoms with Gasteiger partial charge in [-0.05, 0) is 0 Å². The first-order valence-electron chi connectivity index (χ1n) is 3.68. The molecule has 0 amide bonds. The normalized spacial score (nSPS) is 11.6. The number of rotatable bonds is 2. The van der Waals surface area contributed by atoms with E-state index in [1.165, 1.54) is 0 Å². The summed E-state index contributed by atoms with van der Waals surface area (Å²) in [5, 5.41) is 6.06. The van der Waals surface area contributed by atoms with E-state index in [1.807, 2.05) is 0 Å². The molecule has 0 radical (unpaired) electrons. The van der Waals surface area contributed by atoms with Gasteiger partial charge in [0.05, 0.1) is 14.2 Å². The molecule has 10 nitrogen and oxygen atoms in total. The Bertz CT molecular complexity index is 293. The Hall–Kier alpha value is -2.52. The summed E-state index contributed by atoms with van der Waals surface area (Å²) in [6, 6.07) is 0. The highest BCUT2D eigenvalue weighted by molar-refractivity contribution is 6.39. The van der Waals surface area contributed by atoms with Crippen LogP contribution in [0.3, 0.4) is 0 Å². The Kier molecular flexibility index (Phi) is 5.78. The molecule has 0 aromatic rings. The van der Waals surface area contributed by atoms with Gasteiger partial charge in [0, 0.05) is 0 Å². The van der Waals surface area contributed by atoms with Crippen LogP contribution in [0.2, 0.25) is 0 Å². The number of methoxy groups -OCH3 is 2. The van der Waals surface area contributed by atoms with E-state index < -0.39 is 24.0 Å². The van der Waals surface area contributed by atoms with Crippen LogP contribution in [-0.2, 0) is 19.1 Å². The second-order valence-corrected chi connectivity index (χ2v) is 2.04. The number of hydrogen-bond donors (Lipinski definition) is 2. The second kappa shape index (κ2) is 6.86. The van der Waals surface area contributed by atoms with Crippen molar-refractivity contribution < 1.29 is 28.7 Å². The Balaban J connectivity index is 4.30. The molecule has 0 spiro atoms. The number of amidine groups is 2. The number of ether oxygens (including phenoxy) is 2. The Morgan fingerprint density at radius 1 is 0.875 bits per heavy atom. The van der Waals surface area contributed by atoms with Gasteiger partial charge < -0.3 is 20.9 Å². The number of carbonyl (C=O) groups excluding carboxylic acids is 2. The van der Waals surface area contributed by atoms with Crippen molar-refractivity contribution in [3.8, 4) is 0 Å². The van der Waals surface area contributed by atoms with E-state index in [2.05, 4.69) is 29.5 Å². The van der Waals surface area contributed by atoms with Gasteiger partial charge in [-0.1, -0.05) is 10.3 Å². The van der Waals surface area contributed by atoms with Crippen LogP contribution in [0.25, 0.3) is 0 Å². The minimum absolute atomic E-state index is 0.477. The molecule has 16 heavy (non-hydrogen) atoms. The number of carbonyl (C=O) groups is 2. The van der Waals surface area contributed by atoms with E-state index in [9.17, 15) is 9.59 Å². The van der Waals surface area contributed by atoms with Crippen molar-refractivity contribution in [2.24, 2.45) is 21.8 Å². The molecular formula is C6H10N4O6. The Morgan fingerprint density at radius 3 is 1.44 bits per heavy atom. The zero-order valence-electron chi connectivity index (χ0n) is 8.50. The van der Waals surface area contributed by atoms with Gasteiger partial charge in [0.2, 0.25) is 11.7 Å². The molecule has 0 heterocycles. The zero-order valence-corrected chi connectivity index (χ0v) is 8.50. The summed E-state index contributed by atoms with van der Waals surface area (Å²) in [7, 11) is 2.15. The molecule has 0 aliphatic rings. The number of nitrogens with two attached hydrogens (primary N) is 2. The summed E-state index contributed by atoms with van der Waals surface area (Å²) >= 11 is 0. The minimum Gasteiger partial charge on any atom is -0.436 e. The van der Waals surface area contributed by atoms with Crippen molar-refractivity contribution in [1.82, 2.24) is 0 Å². The van der Waals surface area contributed by atoms with E-state index in [1.54, 1.807) is 0 Å². The Labute approximate surface area is 89.7 Å². The van der Waals surface area contributed by atoms with E-state index >= 15 is 0 Å². The summed E-state index contributed by atoms with van der Waals surface area (Å²) in [5.74, 6) is -0.955. The average Bonchev–Trinajstić information content (AvgIpc) is 2.31. The van der Waals surface area contributed by atoms with Gasteiger partial charge in [-0.25, -0.2) is 9.59 Å². The van der Waals surface area contributed by atoms with Crippen molar-refractivity contribution in [3.63, 3.8) is 0 Å². The average molecular weight is 234 g/mol. The summed E-state index contributed by atoms with van der Waals surface area (Å²) in [6.07, 6.45) is -2.19. The van der Waals surface area contributed by atoms with Crippen LogP contribution in [0.4, 0.5) is 9.59 Å². The van der Waals surface area contributed by atoms with Gasteiger partial charge in [-0.15, -0.1) is 0 Å². The number of nitrogens with zero attached hydrogens (tertiary/aromatic N) is 2. The molecular weight excluding hydrogens is 224 g/mol. The molecule has 0 aliphatic heterocycles. The summed E-state index contributed by atoms with van der Waals surface area (Å²) in [6.45, 7) is 0. The molecule has 4 N–H and O–H groups in total. The highest BCUT2D eigenvalue weighted by atomic mass is 16.8. The molecule has 0 atom stereocenters. The first kappa shape index (κ1) is 13.5. The maximum Gasteiger partial charge on any atom is 0.534 e. The van der Waals surface area contributed by atoms with Crippen LogP contribution in [0.1, 0.15) is 0 Å². The minimum atomic E-state index is -1.09. The summed E-state index contributed by atoms with van der Waals surface area (Å²) in [4.78, 5) is 29.1. The molecule has 90 valence electrons. The highest BCUT2D eigenvalue weighted by Crippen LogP contribution is 1.86. The van der Waals surface area contributed by atoms with E-state index in [4.69, 9.17) is 11.5 Å². The fourth-order valence-electron chi connectivity index (χ4n) is 0.341. The summed E-state index contributed by atoms with van der Waals surface area (Å²) < 4.78 is 8.17. The van der Waals surface area contributed by atoms with Crippen molar-refractivity contribution in [1.29, 1.82) is 0 Å². The van der Waals surface area contributed by atoms with Crippen LogP contribution in [0.15, 0.2) is 10.3 Å². The predicted octanol–water partition coefficient (Wildman–Crippen LogP) is -0.903. The maximum absolute atomic E-state index is 10.5. The first-order chi connectivity index (χ1) is 7.51. The monoisotopic (exact) mass is 234 g/mol. The molecule has 0 fully saturated rings. The number of hydrogen-bond acceptors (Lipinski definition) is 8. The van der Waals surface area contributed by atoms with Crippen LogP contribution in [-0.4, -0.2) is 38.2 Å².